The van der Waals surface area contributed by atoms with Crippen LogP contribution < -0.4 is 0 Å². The van der Waals surface area contributed by atoms with Crippen LogP contribution in [-0.2, 0) is 19.6 Å². The highest BCUT2D eigenvalue weighted by Gasteiger charge is 2.54. The van der Waals surface area contributed by atoms with Crippen molar-refractivity contribution in [3.8, 4) is 0 Å². The van der Waals surface area contributed by atoms with E-state index in [1.165, 1.54) is 29.6 Å². The van der Waals surface area contributed by atoms with Crippen LogP contribution in [-0.4, -0.2) is 44.2 Å². The van der Waals surface area contributed by atoms with Crippen molar-refractivity contribution >= 4 is 21.8 Å². The first-order valence-electron chi connectivity index (χ1n) is 11.8. The second-order valence-corrected chi connectivity index (χ2v) is 12.2. The largest absolute Gasteiger partial charge is 0.454 e. The summed E-state index contributed by atoms with van der Waals surface area (Å²) in [5.41, 5.74) is -0.416. The maximum Gasteiger partial charge on any atom is 0.338 e. The summed E-state index contributed by atoms with van der Waals surface area (Å²) in [5.74, 6) is 0.129. The van der Waals surface area contributed by atoms with Gasteiger partial charge in [-0.15, -0.1) is 0 Å². The van der Waals surface area contributed by atoms with E-state index < -0.39 is 26.7 Å². The van der Waals surface area contributed by atoms with Crippen molar-refractivity contribution in [2.75, 3.05) is 19.7 Å². The van der Waals surface area contributed by atoms with Gasteiger partial charge in [0.2, 0.25) is 10.0 Å². The number of halogens is 1. The third-order valence-corrected chi connectivity index (χ3v) is 9.98. The topological polar surface area (TPSA) is 80.8 Å². The number of carbonyl (C=O) groups excluding carboxylic acids is 2. The van der Waals surface area contributed by atoms with E-state index in [2.05, 4.69) is 0 Å². The van der Waals surface area contributed by atoms with E-state index in [9.17, 15) is 22.4 Å². The van der Waals surface area contributed by atoms with Crippen molar-refractivity contribution in [2.24, 2.45) is 23.2 Å². The Morgan fingerprint density at radius 3 is 2.19 bits per heavy atom. The lowest BCUT2D eigenvalue weighted by atomic mass is 9.48. The quantitative estimate of drug-likeness (QED) is 0.597. The number of esters is 1. The highest BCUT2D eigenvalue weighted by Crippen LogP contribution is 2.60. The molecule has 174 valence electrons. The molecule has 1 saturated heterocycles. The SMILES string of the molecule is O=C(OCC(=O)C12CC3CC(CC(C3)C1)C2)c1ccc(F)c(S(=O)(=O)N2CCCCC2)c1. The zero-order chi connectivity index (χ0) is 22.5. The fourth-order valence-corrected chi connectivity index (χ4v) is 8.50. The number of benzene rings is 1. The van der Waals surface area contributed by atoms with Gasteiger partial charge in [0.1, 0.15) is 10.7 Å². The zero-order valence-corrected chi connectivity index (χ0v) is 19.0. The van der Waals surface area contributed by atoms with Gasteiger partial charge in [-0.25, -0.2) is 17.6 Å². The molecule has 4 bridgehead atoms. The molecule has 6 rings (SSSR count). The van der Waals surface area contributed by atoms with Gasteiger partial charge in [-0.05, 0) is 87.3 Å². The number of hydrogen-bond acceptors (Lipinski definition) is 5. The van der Waals surface area contributed by atoms with Crippen molar-refractivity contribution < 1.29 is 27.1 Å². The van der Waals surface area contributed by atoms with Gasteiger partial charge in [-0.2, -0.15) is 4.31 Å². The number of hydrogen-bond donors (Lipinski definition) is 0. The Morgan fingerprint density at radius 2 is 1.59 bits per heavy atom. The van der Waals surface area contributed by atoms with Crippen molar-refractivity contribution in [1.29, 1.82) is 0 Å². The number of rotatable bonds is 6. The van der Waals surface area contributed by atoms with Gasteiger partial charge in [0.25, 0.3) is 0 Å². The third-order valence-electron chi connectivity index (χ3n) is 8.06. The molecule has 0 atom stereocenters. The number of piperidine rings is 1. The van der Waals surface area contributed by atoms with Crippen LogP contribution in [0.15, 0.2) is 23.1 Å². The minimum absolute atomic E-state index is 0.0202. The van der Waals surface area contributed by atoms with Crippen LogP contribution >= 0.6 is 0 Å². The molecule has 0 radical (unpaired) electrons. The third kappa shape index (κ3) is 3.89. The molecule has 8 heteroatoms. The molecule has 1 heterocycles. The Balaban J connectivity index is 1.28. The summed E-state index contributed by atoms with van der Waals surface area (Å²) in [6.07, 6.45) is 8.74. The Kier molecular flexibility index (Phi) is 5.64. The summed E-state index contributed by atoms with van der Waals surface area (Å²) in [4.78, 5) is 25.2. The Hall–Kier alpha value is -1.80. The first kappa shape index (κ1) is 22.0. The average Bonchev–Trinajstić information content (AvgIpc) is 2.77. The fourth-order valence-electron chi connectivity index (χ4n) is 6.89. The van der Waals surface area contributed by atoms with E-state index in [1.807, 2.05) is 0 Å². The van der Waals surface area contributed by atoms with Gasteiger partial charge >= 0.3 is 5.97 Å². The van der Waals surface area contributed by atoms with Crippen LogP contribution in [0.4, 0.5) is 4.39 Å². The number of ether oxygens (including phenoxy) is 1. The molecule has 0 aromatic heterocycles. The molecule has 32 heavy (non-hydrogen) atoms. The van der Waals surface area contributed by atoms with Gasteiger partial charge in [0.15, 0.2) is 12.4 Å². The first-order valence-corrected chi connectivity index (χ1v) is 13.2. The molecular formula is C24H30FNO5S. The summed E-state index contributed by atoms with van der Waals surface area (Å²) in [6, 6.07) is 3.23. The van der Waals surface area contributed by atoms with Gasteiger partial charge in [-0.1, -0.05) is 6.42 Å². The number of sulfonamides is 1. The Labute approximate surface area is 188 Å². The van der Waals surface area contributed by atoms with Crippen LogP contribution in [0, 0.1) is 29.0 Å². The molecule has 1 aromatic rings. The summed E-state index contributed by atoms with van der Waals surface area (Å²) in [6.45, 7) is 0.378. The summed E-state index contributed by atoms with van der Waals surface area (Å²) in [5, 5.41) is 0. The highest BCUT2D eigenvalue weighted by atomic mass is 32.2. The van der Waals surface area contributed by atoms with E-state index in [1.54, 1.807) is 0 Å². The van der Waals surface area contributed by atoms with Crippen LogP contribution in [0.3, 0.4) is 0 Å². The standard InChI is InChI=1S/C24H30FNO5S/c25-20-5-4-19(11-21(20)32(29,30)26-6-2-1-3-7-26)23(28)31-15-22(27)24-12-16-8-17(13-24)10-18(9-16)14-24/h4-5,11,16-18H,1-3,6-10,12-15H2. The minimum Gasteiger partial charge on any atom is -0.454 e. The maximum atomic E-state index is 14.4. The summed E-state index contributed by atoms with van der Waals surface area (Å²) < 4.78 is 46.8. The van der Waals surface area contributed by atoms with Crippen LogP contribution in [0.1, 0.15) is 68.1 Å². The Bertz CT molecular complexity index is 996. The van der Waals surface area contributed by atoms with Gasteiger partial charge < -0.3 is 4.74 Å². The summed E-state index contributed by atoms with van der Waals surface area (Å²) >= 11 is 0. The second-order valence-electron chi connectivity index (χ2n) is 10.3. The molecule has 1 aromatic carbocycles. The molecule has 4 aliphatic carbocycles. The summed E-state index contributed by atoms with van der Waals surface area (Å²) in [7, 11) is -4.03. The predicted molar refractivity (Wildman–Crippen MR) is 115 cm³/mol. The molecule has 0 unspecified atom stereocenters. The van der Waals surface area contributed by atoms with Crippen LogP contribution in [0.2, 0.25) is 0 Å². The highest BCUT2D eigenvalue weighted by molar-refractivity contribution is 7.89. The van der Waals surface area contributed by atoms with Gasteiger partial charge in [-0.3, -0.25) is 4.79 Å². The lowest BCUT2D eigenvalue weighted by Crippen LogP contribution is -2.51. The molecule has 1 aliphatic heterocycles. The predicted octanol–water partition coefficient (Wildman–Crippen LogP) is 3.94. The molecule has 0 N–H and O–H groups in total. The molecule has 5 aliphatic rings. The monoisotopic (exact) mass is 463 g/mol. The van der Waals surface area contributed by atoms with E-state index in [0.717, 1.165) is 50.7 Å². The van der Waals surface area contributed by atoms with Gasteiger partial charge in [0, 0.05) is 18.5 Å². The maximum absolute atomic E-state index is 14.4. The van der Waals surface area contributed by atoms with Crippen molar-refractivity contribution in [3.05, 3.63) is 29.6 Å². The number of carbonyl (C=O) groups is 2. The van der Waals surface area contributed by atoms with Crippen molar-refractivity contribution in [3.63, 3.8) is 0 Å². The smallest absolute Gasteiger partial charge is 0.338 e. The average molecular weight is 464 g/mol. The minimum atomic E-state index is -4.03. The molecule has 0 amide bonds. The van der Waals surface area contributed by atoms with Crippen molar-refractivity contribution in [1.82, 2.24) is 4.31 Å². The van der Waals surface area contributed by atoms with Crippen LogP contribution in [0.5, 0.6) is 0 Å². The number of ketones is 1. The lowest BCUT2D eigenvalue weighted by molar-refractivity contribution is -0.147. The first-order chi connectivity index (χ1) is 15.3. The zero-order valence-electron chi connectivity index (χ0n) is 18.2. The molecule has 4 saturated carbocycles. The van der Waals surface area contributed by atoms with Crippen molar-refractivity contribution in [2.45, 2.75) is 62.7 Å². The fraction of sp³-hybridized carbons (Fsp3) is 0.667. The van der Waals surface area contributed by atoms with Crippen LogP contribution in [0.25, 0.3) is 0 Å². The van der Waals surface area contributed by atoms with E-state index in [0.29, 0.717) is 30.8 Å². The molecule has 5 fully saturated rings. The van der Waals surface area contributed by atoms with Gasteiger partial charge in [0.05, 0.1) is 5.56 Å². The number of Topliss-reactive ketones (excluding diaryl/α,β-unsaturated/α-hetero) is 1. The lowest BCUT2D eigenvalue weighted by Gasteiger charge is -2.55. The van der Waals surface area contributed by atoms with E-state index in [4.69, 9.17) is 4.74 Å². The second kappa shape index (κ2) is 8.20. The molecule has 0 spiro atoms. The Morgan fingerprint density at radius 1 is 1.00 bits per heavy atom. The number of nitrogens with zero attached hydrogens (tertiary/aromatic N) is 1. The normalized spacial score (nSPS) is 32.1. The molecule has 6 nitrogen and oxygen atoms in total. The van der Waals surface area contributed by atoms with E-state index in [-0.39, 0.29) is 23.4 Å². The molecular weight excluding hydrogens is 433 g/mol. The van der Waals surface area contributed by atoms with E-state index >= 15 is 0 Å².